The molecule has 0 rings (SSSR count). The summed E-state index contributed by atoms with van der Waals surface area (Å²) in [4.78, 5) is 24.6. The van der Waals surface area contributed by atoms with E-state index in [1.165, 1.54) is 398 Å². The molecule has 0 radical (unpaired) electrons. The van der Waals surface area contributed by atoms with Gasteiger partial charge in [-0.3, -0.25) is 9.59 Å². The van der Waals surface area contributed by atoms with E-state index < -0.39 is 12.1 Å². The molecule has 6 nitrogen and oxygen atoms in total. The second-order valence-corrected chi connectivity index (χ2v) is 28.1. The maximum atomic E-state index is 12.6. The normalized spacial score (nSPS) is 12.5. The summed E-state index contributed by atoms with van der Waals surface area (Å²) in [5.74, 6) is -0.0373. The van der Waals surface area contributed by atoms with Crippen LogP contribution in [0.1, 0.15) is 463 Å². The number of aliphatic hydroxyl groups is 2. The number of allylic oxidation sites excluding steroid dienone is 3. The summed E-state index contributed by atoms with van der Waals surface area (Å²) in [6, 6.07) is -0.626. The zero-order valence-electron chi connectivity index (χ0n) is 60.0. The number of esters is 1. The molecule has 0 heterocycles. The monoisotopic (exact) mass is 1240 g/mol. The number of carbonyl (C=O) groups excluding carboxylic acids is 2. The molecule has 2 unspecified atom stereocenters. The van der Waals surface area contributed by atoms with Gasteiger partial charge in [0.2, 0.25) is 5.91 Å². The van der Waals surface area contributed by atoms with E-state index in [4.69, 9.17) is 4.74 Å². The number of carbonyl (C=O) groups is 2. The number of hydrogen-bond acceptors (Lipinski definition) is 5. The second kappa shape index (κ2) is 77.8. The van der Waals surface area contributed by atoms with Crippen LogP contribution in [-0.4, -0.2) is 47.4 Å². The van der Waals surface area contributed by atoms with Crippen LogP contribution in [0.2, 0.25) is 0 Å². The van der Waals surface area contributed by atoms with Crippen LogP contribution in [0.25, 0.3) is 0 Å². The largest absolute Gasteiger partial charge is 0.466 e. The van der Waals surface area contributed by atoms with E-state index in [1.807, 2.05) is 6.08 Å². The summed E-state index contributed by atoms with van der Waals surface area (Å²) >= 11 is 0. The molecular weight excluding hydrogens is 1080 g/mol. The Morgan fingerprint density at radius 2 is 0.534 bits per heavy atom. The van der Waals surface area contributed by atoms with Gasteiger partial charge in [-0.05, 0) is 57.8 Å². The van der Waals surface area contributed by atoms with Crippen molar-refractivity contribution in [1.82, 2.24) is 5.32 Å². The molecule has 0 spiro atoms. The molecule has 522 valence electrons. The second-order valence-electron chi connectivity index (χ2n) is 28.1. The van der Waals surface area contributed by atoms with Gasteiger partial charge in [0, 0.05) is 12.8 Å². The Morgan fingerprint density at radius 1 is 0.307 bits per heavy atom. The van der Waals surface area contributed by atoms with Gasteiger partial charge < -0.3 is 20.3 Å². The first-order chi connectivity index (χ1) is 43.5. The molecule has 3 N–H and O–H groups in total. The number of amides is 1. The van der Waals surface area contributed by atoms with Crippen molar-refractivity contribution in [3.63, 3.8) is 0 Å². The molecule has 0 fully saturated rings. The number of ether oxygens (including phenoxy) is 1. The third-order valence-electron chi connectivity index (χ3n) is 19.2. The SMILES string of the molecule is CCCCCCCCCCCCCCCCCCCCCCCC/C=C/C(O)C(CO)NC(=O)CCCCCCCCCCCCCCCCCCC/C=C\CCCCCCCCCCCCCCCCOC(=O)CCCCCCCCCCCCCC. The van der Waals surface area contributed by atoms with Crippen LogP contribution in [0.3, 0.4) is 0 Å². The van der Waals surface area contributed by atoms with Crippen molar-refractivity contribution in [3.8, 4) is 0 Å². The lowest BCUT2D eigenvalue weighted by Gasteiger charge is -2.20. The van der Waals surface area contributed by atoms with Gasteiger partial charge in [0.05, 0.1) is 25.4 Å². The van der Waals surface area contributed by atoms with Crippen molar-refractivity contribution < 1.29 is 24.5 Å². The maximum absolute atomic E-state index is 12.6. The van der Waals surface area contributed by atoms with Crippen molar-refractivity contribution in [1.29, 1.82) is 0 Å². The highest BCUT2D eigenvalue weighted by Gasteiger charge is 2.18. The minimum atomic E-state index is -0.843. The Labute approximate surface area is 551 Å². The average molecular weight is 1240 g/mol. The van der Waals surface area contributed by atoms with E-state index in [0.717, 1.165) is 38.5 Å². The Hall–Kier alpha value is -1.66. The summed E-state index contributed by atoms with van der Waals surface area (Å²) in [5.41, 5.74) is 0. The molecule has 0 aliphatic heterocycles. The highest BCUT2D eigenvalue weighted by molar-refractivity contribution is 5.76. The molecular formula is C82H159NO5. The van der Waals surface area contributed by atoms with Crippen LogP contribution >= 0.6 is 0 Å². The van der Waals surface area contributed by atoms with E-state index in [-0.39, 0.29) is 18.5 Å². The number of unbranched alkanes of at least 4 members (excludes halogenated alkanes) is 64. The zero-order valence-corrected chi connectivity index (χ0v) is 60.0. The van der Waals surface area contributed by atoms with E-state index in [0.29, 0.717) is 19.4 Å². The number of nitrogens with one attached hydrogen (secondary N) is 1. The van der Waals surface area contributed by atoms with Crippen LogP contribution in [-0.2, 0) is 14.3 Å². The summed E-state index contributed by atoms with van der Waals surface area (Å²) < 4.78 is 5.49. The first kappa shape index (κ1) is 86.3. The van der Waals surface area contributed by atoms with E-state index >= 15 is 0 Å². The lowest BCUT2D eigenvalue weighted by atomic mass is 10.0. The molecule has 0 aliphatic carbocycles. The van der Waals surface area contributed by atoms with Crippen LogP contribution in [0, 0.1) is 0 Å². The van der Waals surface area contributed by atoms with Gasteiger partial charge in [-0.2, -0.15) is 0 Å². The summed E-state index contributed by atoms with van der Waals surface area (Å²) in [7, 11) is 0. The van der Waals surface area contributed by atoms with Gasteiger partial charge in [0.15, 0.2) is 0 Å². The number of aliphatic hydroxyl groups excluding tert-OH is 2. The van der Waals surface area contributed by atoms with Crippen molar-refractivity contribution >= 4 is 11.9 Å². The Balaban J connectivity index is 3.37. The first-order valence-corrected chi connectivity index (χ1v) is 40.6. The molecule has 0 aromatic heterocycles. The van der Waals surface area contributed by atoms with Crippen molar-refractivity contribution in [2.24, 2.45) is 0 Å². The van der Waals surface area contributed by atoms with Crippen molar-refractivity contribution in [2.75, 3.05) is 13.2 Å². The Kier molecular flexibility index (Phi) is 76.3. The molecule has 0 aromatic rings. The standard InChI is InChI=1S/C82H159NO5/c1-3-5-7-9-11-13-15-17-18-19-20-21-22-36-39-42-45-48-51-54-58-62-66-70-74-80(85)79(78-84)83-81(86)75-71-67-63-59-55-52-49-46-43-40-37-34-32-30-28-26-24-23-25-27-29-31-33-35-38-41-44-47-50-53-57-61-65-69-73-77-88-82(87)76-72-68-64-60-56-16-14-12-10-8-6-4-2/h25,27,70,74,79-80,84-85H,3-24,26,28-69,71-73,75-78H2,1-2H3,(H,83,86)/b27-25-,74-70+. The van der Waals surface area contributed by atoms with Gasteiger partial charge in [-0.1, -0.05) is 417 Å². The van der Waals surface area contributed by atoms with Crippen LogP contribution in [0.5, 0.6) is 0 Å². The number of rotatable bonds is 77. The minimum absolute atomic E-state index is 0.0216. The molecule has 0 saturated heterocycles. The average Bonchev–Trinajstić information content (AvgIpc) is 3.54. The maximum Gasteiger partial charge on any atom is 0.305 e. The van der Waals surface area contributed by atoms with Crippen LogP contribution in [0.4, 0.5) is 0 Å². The minimum Gasteiger partial charge on any atom is -0.466 e. The van der Waals surface area contributed by atoms with Gasteiger partial charge in [-0.15, -0.1) is 0 Å². The summed E-state index contributed by atoms with van der Waals surface area (Å²) in [6.45, 7) is 4.96. The smallest absolute Gasteiger partial charge is 0.305 e. The number of hydrogen-bond donors (Lipinski definition) is 3. The van der Waals surface area contributed by atoms with Crippen LogP contribution < -0.4 is 5.32 Å². The van der Waals surface area contributed by atoms with Gasteiger partial charge in [-0.25, -0.2) is 0 Å². The quantitative estimate of drug-likeness (QED) is 0.0320. The molecule has 0 aliphatic rings. The molecule has 2 atom stereocenters. The summed E-state index contributed by atoms with van der Waals surface area (Å²) in [6.07, 6.45) is 100. The molecule has 6 heteroatoms. The third kappa shape index (κ3) is 73.4. The predicted molar refractivity (Wildman–Crippen MR) is 389 cm³/mol. The van der Waals surface area contributed by atoms with Crippen molar-refractivity contribution in [2.45, 2.75) is 475 Å². The highest BCUT2D eigenvalue weighted by atomic mass is 16.5. The zero-order chi connectivity index (χ0) is 63.5. The Morgan fingerprint density at radius 3 is 0.807 bits per heavy atom. The first-order valence-electron chi connectivity index (χ1n) is 40.6. The molecule has 0 aromatic carbocycles. The fraction of sp³-hybridized carbons (Fsp3) is 0.927. The Bertz CT molecular complexity index is 1380. The lowest BCUT2D eigenvalue weighted by molar-refractivity contribution is -0.143. The van der Waals surface area contributed by atoms with Gasteiger partial charge >= 0.3 is 5.97 Å². The molecule has 1 amide bonds. The highest BCUT2D eigenvalue weighted by Crippen LogP contribution is 2.20. The molecule has 0 saturated carbocycles. The predicted octanol–water partition coefficient (Wildman–Crippen LogP) is 26.8. The fourth-order valence-corrected chi connectivity index (χ4v) is 13.0. The van der Waals surface area contributed by atoms with E-state index in [9.17, 15) is 19.8 Å². The van der Waals surface area contributed by atoms with Gasteiger partial charge in [0.1, 0.15) is 0 Å². The van der Waals surface area contributed by atoms with E-state index in [1.54, 1.807) is 6.08 Å². The lowest BCUT2D eigenvalue weighted by Crippen LogP contribution is -2.45. The molecule has 0 bridgehead atoms. The topological polar surface area (TPSA) is 95.9 Å². The molecule has 88 heavy (non-hydrogen) atoms. The van der Waals surface area contributed by atoms with Crippen molar-refractivity contribution in [3.05, 3.63) is 24.3 Å². The van der Waals surface area contributed by atoms with Gasteiger partial charge in [0.25, 0.3) is 0 Å². The third-order valence-corrected chi connectivity index (χ3v) is 19.2. The van der Waals surface area contributed by atoms with E-state index in [2.05, 4.69) is 31.3 Å². The fourth-order valence-electron chi connectivity index (χ4n) is 13.0. The van der Waals surface area contributed by atoms with Crippen LogP contribution in [0.15, 0.2) is 24.3 Å². The summed E-state index contributed by atoms with van der Waals surface area (Å²) in [5, 5.41) is 23.3.